The number of benzene rings is 3. The molecule has 0 unspecified atom stereocenters. The van der Waals surface area contributed by atoms with Crippen molar-refractivity contribution in [1.82, 2.24) is 4.72 Å². The van der Waals surface area contributed by atoms with Crippen molar-refractivity contribution in [2.45, 2.75) is 9.79 Å². The Morgan fingerprint density at radius 1 is 0.788 bits per heavy atom. The lowest BCUT2D eigenvalue weighted by Crippen LogP contribution is -2.27. The first-order valence-corrected chi connectivity index (χ1v) is 12.8. The Labute approximate surface area is 192 Å². The molecular formula is C22H23N3O6S2. The van der Waals surface area contributed by atoms with E-state index in [-0.39, 0.29) is 34.2 Å². The van der Waals surface area contributed by atoms with E-state index in [1.54, 1.807) is 36.4 Å². The second kappa shape index (κ2) is 10.6. The largest absolute Gasteiger partial charge is 0.383 e. The molecule has 3 N–H and O–H groups in total. The summed E-state index contributed by atoms with van der Waals surface area (Å²) in [5.74, 6) is -0.477. The maximum absolute atomic E-state index is 12.6. The van der Waals surface area contributed by atoms with E-state index in [2.05, 4.69) is 14.8 Å². The lowest BCUT2D eigenvalue weighted by atomic mass is 10.2. The third-order valence-corrected chi connectivity index (χ3v) is 7.33. The molecule has 1 amide bonds. The van der Waals surface area contributed by atoms with Gasteiger partial charge in [-0.25, -0.2) is 21.6 Å². The maximum atomic E-state index is 12.6. The maximum Gasteiger partial charge on any atom is 0.261 e. The molecule has 9 nitrogen and oxygen atoms in total. The van der Waals surface area contributed by atoms with Gasteiger partial charge in [-0.15, -0.1) is 0 Å². The van der Waals surface area contributed by atoms with Gasteiger partial charge >= 0.3 is 0 Å². The highest BCUT2D eigenvalue weighted by molar-refractivity contribution is 7.92. The van der Waals surface area contributed by atoms with E-state index in [1.165, 1.54) is 49.6 Å². The highest BCUT2D eigenvalue weighted by Crippen LogP contribution is 2.20. The summed E-state index contributed by atoms with van der Waals surface area (Å²) in [6, 6.07) is 19.6. The van der Waals surface area contributed by atoms with Crippen molar-refractivity contribution in [3.05, 3.63) is 84.4 Å². The normalized spacial score (nSPS) is 11.7. The number of amides is 1. The fourth-order valence-electron chi connectivity index (χ4n) is 2.82. The van der Waals surface area contributed by atoms with E-state index in [4.69, 9.17) is 4.74 Å². The lowest BCUT2D eigenvalue weighted by molar-refractivity contribution is 0.102. The smallest absolute Gasteiger partial charge is 0.261 e. The van der Waals surface area contributed by atoms with Crippen LogP contribution in [-0.2, 0) is 24.8 Å². The molecule has 33 heavy (non-hydrogen) atoms. The van der Waals surface area contributed by atoms with Crippen LogP contribution >= 0.6 is 0 Å². The molecule has 0 aliphatic rings. The predicted octanol–water partition coefficient (Wildman–Crippen LogP) is 2.66. The highest BCUT2D eigenvalue weighted by atomic mass is 32.2. The Morgan fingerprint density at radius 3 is 2.09 bits per heavy atom. The van der Waals surface area contributed by atoms with Crippen molar-refractivity contribution in [3.8, 4) is 0 Å². The zero-order chi connectivity index (χ0) is 23.9. The van der Waals surface area contributed by atoms with Gasteiger partial charge in [-0.3, -0.25) is 9.52 Å². The van der Waals surface area contributed by atoms with Crippen LogP contribution < -0.4 is 14.8 Å². The van der Waals surface area contributed by atoms with E-state index in [0.717, 1.165) is 0 Å². The molecule has 0 aromatic heterocycles. The molecule has 0 atom stereocenters. The summed E-state index contributed by atoms with van der Waals surface area (Å²) in [6.07, 6.45) is 0. The lowest BCUT2D eigenvalue weighted by Gasteiger charge is -2.11. The summed E-state index contributed by atoms with van der Waals surface area (Å²) >= 11 is 0. The molecular weight excluding hydrogens is 466 g/mol. The van der Waals surface area contributed by atoms with Crippen LogP contribution in [0, 0.1) is 0 Å². The van der Waals surface area contributed by atoms with Gasteiger partial charge in [0.25, 0.3) is 15.9 Å². The van der Waals surface area contributed by atoms with Crippen molar-refractivity contribution < 1.29 is 26.4 Å². The van der Waals surface area contributed by atoms with Crippen molar-refractivity contribution in [2.75, 3.05) is 30.3 Å². The van der Waals surface area contributed by atoms with Crippen molar-refractivity contribution in [2.24, 2.45) is 0 Å². The minimum Gasteiger partial charge on any atom is -0.383 e. The van der Waals surface area contributed by atoms with E-state index < -0.39 is 26.0 Å². The van der Waals surface area contributed by atoms with Gasteiger partial charge in [0.1, 0.15) is 0 Å². The van der Waals surface area contributed by atoms with Gasteiger partial charge in [0.2, 0.25) is 10.0 Å². The van der Waals surface area contributed by atoms with Crippen LogP contribution in [0.4, 0.5) is 11.4 Å². The van der Waals surface area contributed by atoms with Gasteiger partial charge in [0, 0.05) is 24.9 Å². The van der Waals surface area contributed by atoms with E-state index >= 15 is 0 Å². The summed E-state index contributed by atoms with van der Waals surface area (Å²) < 4.78 is 59.1. The number of carbonyl (C=O) groups excluding carboxylic acids is 1. The van der Waals surface area contributed by atoms with Gasteiger partial charge in [-0.05, 0) is 54.6 Å². The summed E-state index contributed by atoms with van der Waals surface area (Å²) in [5.41, 5.74) is 0.882. The van der Waals surface area contributed by atoms with Gasteiger partial charge in [-0.2, -0.15) is 0 Å². The fraction of sp³-hybridized carbons (Fsp3) is 0.136. The van der Waals surface area contributed by atoms with Crippen LogP contribution in [0.2, 0.25) is 0 Å². The van der Waals surface area contributed by atoms with Crippen LogP contribution in [0.25, 0.3) is 0 Å². The van der Waals surface area contributed by atoms with Crippen molar-refractivity contribution in [3.63, 3.8) is 0 Å². The molecule has 3 aromatic rings. The second-order valence-corrected chi connectivity index (χ2v) is 10.3. The fourth-order valence-corrected chi connectivity index (χ4v) is 4.91. The Balaban J connectivity index is 1.68. The number of rotatable bonds is 10. The molecule has 174 valence electrons. The van der Waals surface area contributed by atoms with Gasteiger partial charge in [-0.1, -0.05) is 24.3 Å². The average molecular weight is 490 g/mol. The average Bonchev–Trinajstić information content (AvgIpc) is 2.80. The van der Waals surface area contributed by atoms with E-state index in [0.29, 0.717) is 5.69 Å². The first-order valence-electron chi connectivity index (χ1n) is 9.79. The number of nitrogens with one attached hydrogen (secondary N) is 3. The number of hydrogen-bond donors (Lipinski definition) is 3. The number of methoxy groups -OCH3 is 1. The predicted molar refractivity (Wildman–Crippen MR) is 125 cm³/mol. The molecule has 0 spiro atoms. The molecule has 0 radical (unpaired) electrons. The quantitative estimate of drug-likeness (QED) is 0.375. The summed E-state index contributed by atoms with van der Waals surface area (Å²) in [6.45, 7) is 0.367. The summed E-state index contributed by atoms with van der Waals surface area (Å²) in [5, 5.41) is 2.67. The van der Waals surface area contributed by atoms with Crippen molar-refractivity contribution in [1.29, 1.82) is 0 Å². The van der Waals surface area contributed by atoms with Gasteiger partial charge < -0.3 is 10.1 Å². The summed E-state index contributed by atoms with van der Waals surface area (Å²) in [7, 11) is -6.01. The van der Waals surface area contributed by atoms with E-state index in [9.17, 15) is 21.6 Å². The minimum absolute atomic E-state index is 0.0208. The molecule has 3 aromatic carbocycles. The zero-order valence-corrected chi connectivity index (χ0v) is 19.3. The summed E-state index contributed by atoms with van der Waals surface area (Å²) in [4.78, 5) is 12.7. The second-order valence-electron chi connectivity index (χ2n) is 6.87. The number of anilines is 2. The Bertz CT molecular complexity index is 1310. The molecule has 0 aliphatic carbocycles. The van der Waals surface area contributed by atoms with Crippen LogP contribution in [0.15, 0.2) is 88.7 Å². The van der Waals surface area contributed by atoms with Gasteiger partial charge in [0.15, 0.2) is 0 Å². The minimum atomic E-state index is -3.77. The zero-order valence-electron chi connectivity index (χ0n) is 17.7. The third-order valence-electron chi connectivity index (χ3n) is 4.45. The first-order chi connectivity index (χ1) is 15.7. The standard InChI is InChI=1S/C22H23N3O6S2/c1-31-15-14-23-32(27,28)21-12-10-17(11-13-21)22(26)24-18-6-5-7-19(16-18)25-33(29,30)20-8-3-2-4-9-20/h2-13,16,23,25H,14-15H2,1H3,(H,24,26). The molecule has 0 fully saturated rings. The Morgan fingerprint density at radius 2 is 1.42 bits per heavy atom. The number of sulfonamides is 2. The Hall–Kier alpha value is -3.25. The molecule has 0 bridgehead atoms. The third kappa shape index (κ3) is 6.62. The van der Waals surface area contributed by atoms with E-state index in [1.807, 2.05) is 0 Å². The molecule has 11 heteroatoms. The van der Waals surface area contributed by atoms with Crippen LogP contribution in [0.1, 0.15) is 10.4 Å². The molecule has 0 heterocycles. The van der Waals surface area contributed by atoms with Crippen LogP contribution in [0.3, 0.4) is 0 Å². The molecule has 0 saturated carbocycles. The Kier molecular flexibility index (Phi) is 7.82. The molecule has 0 saturated heterocycles. The SMILES string of the molecule is COCCNS(=O)(=O)c1ccc(C(=O)Nc2cccc(NS(=O)(=O)c3ccccc3)c2)cc1. The number of ether oxygens (including phenoxy) is 1. The van der Waals surface area contributed by atoms with Crippen molar-refractivity contribution >= 4 is 37.3 Å². The highest BCUT2D eigenvalue weighted by Gasteiger charge is 2.16. The van der Waals surface area contributed by atoms with Crippen LogP contribution in [-0.4, -0.2) is 43.0 Å². The topological polar surface area (TPSA) is 131 Å². The monoisotopic (exact) mass is 489 g/mol. The number of hydrogen-bond acceptors (Lipinski definition) is 6. The van der Waals surface area contributed by atoms with Crippen LogP contribution in [0.5, 0.6) is 0 Å². The van der Waals surface area contributed by atoms with Gasteiger partial charge in [0.05, 0.1) is 22.1 Å². The first kappa shape index (κ1) is 24.4. The molecule has 3 rings (SSSR count). The molecule has 0 aliphatic heterocycles. The number of carbonyl (C=O) groups is 1.